The number of carbonyl (C=O) groups excluding carboxylic acids is 1. The van der Waals surface area contributed by atoms with Crippen molar-refractivity contribution in [2.24, 2.45) is 5.92 Å². The molecule has 0 aromatic carbocycles. The normalized spacial score (nSPS) is 21.4. The second-order valence-electron chi connectivity index (χ2n) is 5.56. The number of rotatable bonds is 3. The van der Waals surface area contributed by atoms with E-state index < -0.39 is 0 Å². The lowest BCUT2D eigenvalue weighted by atomic mass is 9.86. The molecule has 1 saturated carbocycles. The van der Waals surface area contributed by atoms with Crippen LogP contribution in [0, 0.1) is 5.92 Å². The second-order valence-corrected chi connectivity index (χ2v) is 5.97. The lowest BCUT2D eigenvalue weighted by Gasteiger charge is -2.30. The first-order valence-electron chi connectivity index (χ1n) is 7.44. The van der Waals surface area contributed by atoms with Gasteiger partial charge in [0.1, 0.15) is 0 Å². The maximum absolute atomic E-state index is 11.8. The summed E-state index contributed by atoms with van der Waals surface area (Å²) in [5.41, 5.74) is 5.40. The van der Waals surface area contributed by atoms with E-state index in [0.717, 1.165) is 6.42 Å². The number of hydrazine groups is 1. The molecule has 2 unspecified atom stereocenters. The van der Waals surface area contributed by atoms with Crippen LogP contribution >= 0.6 is 12.2 Å². The van der Waals surface area contributed by atoms with Gasteiger partial charge in [-0.3, -0.25) is 15.6 Å². The van der Waals surface area contributed by atoms with Crippen molar-refractivity contribution in [3.63, 3.8) is 0 Å². The summed E-state index contributed by atoms with van der Waals surface area (Å²) in [6, 6.07) is 6.09. The Kier molecular flexibility index (Phi) is 5.92. The van der Waals surface area contributed by atoms with Crippen molar-refractivity contribution < 1.29 is 9.36 Å². The van der Waals surface area contributed by atoms with Crippen molar-refractivity contribution in [2.75, 3.05) is 0 Å². The largest absolute Gasteiger partial charge is 0.358 e. The molecule has 1 fully saturated rings. The molecule has 3 N–H and O–H groups in total. The predicted molar refractivity (Wildman–Crippen MR) is 85.1 cm³/mol. The first kappa shape index (κ1) is 15.7. The first-order valence-corrected chi connectivity index (χ1v) is 7.85. The third-order valence-corrected chi connectivity index (χ3v) is 4.07. The molecular weight excluding hydrogens is 284 g/mol. The van der Waals surface area contributed by atoms with E-state index in [-0.39, 0.29) is 12.5 Å². The number of pyridine rings is 1. The van der Waals surface area contributed by atoms with Crippen LogP contribution in [0.5, 0.6) is 0 Å². The molecule has 1 aliphatic rings. The van der Waals surface area contributed by atoms with Crippen LogP contribution in [0.1, 0.15) is 32.6 Å². The number of aromatic nitrogens is 1. The summed E-state index contributed by atoms with van der Waals surface area (Å²) >= 11 is 5.23. The van der Waals surface area contributed by atoms with E-state index >= 15 is 0 Å². The number of hydrogen-bond acceptors (Lipinski definition) is 2. The molecule has 5 nitrogen and oxygen atoms in total. The number of thiocarbonyl (C=S) groups is 1. The van der Waals surface area contributed by atoms with Crippen molar-refractivity contribution in [1.82, 2.24) is 16.2 Å². The molecule has 0 saturated heterocycles. The molecule has 0 aliphatic heterocycles. The maximum atomic E-state index is 11.8. The summed E-state index contributed by atoms with van der Waals surface area (Å²) in [5.74, 6) is 0.487. The standard InChI is InChI=1S/C15H22N4OS/c1-12-7-3-4-8-13(12)16-15(21)18-17-14(20)11-19-9-5-2-6-10-19/h2,5-6,9-10,12-13H,3-4,7-8,11H2,1H3,(H2-,16,17,18,20,21)/p+1. The average Bonchev–Trinajstić information content (AvgIpc) is 2.49. The van der Waals surface area contributed by atoms with Gasteiger partial charge in [0.2, 0.25) is 6.54 Å². The fourth-order valence-electron chi connectivity index (χ4n) is 2.61. The lowest BCUT2D eigenvalue weighted by molar-refractivity contribution is -0.684. The number of hydrogen-bond donors (Lipinski definition) is 3. The van der Waals surface area contributed by atoms with Gasteiger partial charge in [-0.1, -0.05) is 25.8 Å². The fraction of sp³-hybridized carbons (Fsp3) is 0.533. The van der Waals surface area contributed by atoms with Gasteiger partial charge in [-0.15, -0.1) is 0 Å². The number of nitrogens with one attached hydrogen (secondary N) is 3. The molecule has 2 rings (SSSR count). The predicted octanol–water partition coefficient (Wildman–Crippen LogP) is 1.05. The molecule has 1 amide bonds. The van der Waals surface area contributed by atoms with Crippen LogP contribution < -0.4 is 20.7 Å². The van der Waals surface area contributed by atoms with Gasteiger partial charge in [0.15, 0.2) is 17.5 Å². The van der Waals surface area contributed by atoms with E-state index in [2.05, 4.69) is 23.1 Å². The highest BCUT2D eigenvalue weighted by Gasteiger charge is 2.21. The molecule has 1 heterocycles. The third kappa shape index (κ3) is 5.30. The summed E-state index contributed by atoms with van der Waals surface area (Å²) in [4.78, 5) is 11.8. The highest BCUT2D eigenvalue weighted by molar-refractivity contribution is 7.80. The highest BCUT2D eigenvalue weighted by Crippen LogP contribution is 2.23. The summed E-state index contributed by atoms with van der Waals surface area (Å²) in [7, 11) is 0. The molecule has 0 spiro atoms. The molecule has 21 heavy (non-hydrogen) atoms. The molecular formula is C15H23N4OS+. The Balaban J connectivity index is 1.69. The molecule has 1 aliphatic carbocycles. The van der Waals surface area contributed by atoms with E-state index in [4.69, 9.17) is 12.2 Å². The summed E-state index contributed by atoms with van der Waals surface area (Å²) in [6.45, 7) is 2.50. The van der Waals surface area contributed by atoms with Gasteiger partial charge in [-0.25, -0.2) is 0 Å². The molecule has 1 aromatic heterocycles. The SMILES string of the molecule is CC1CCCCC1NC(=S)NNC(=O)C[n+]1ccccc1. The van der Waals surface area contributed by atoms with Gasteiger partial charge in [0, 0.05) is 18.2 Å². The Morgan fingerprint density at radius 3 is 2.62 bits per heavy atom. The minimum Gasteiger partial charge on any atom is -0.358 e. The molecule has 6 heteroatoms. The maximum Gasteiger partial charge on any atom is 0.304 e. The monoisotopic (exact) mass is 307 g/mol. The van der Waals surface area contributed by atoms with Crippen LogP contribution in [0.3, 0.4) is 0 Å². The van der Waals surface area contributed by atoms with Crippen LogP contribution in [0.15, 0.2) is 30.6 Å². The van der Waals surface area contributed by atoms with Crippen molar-refractivity contribution in [1.29, 1.82) is 0 Å². The Bertz CT molecular complexity index is 480. The average molecular weight is 307 g/mol. The molecule has 0 bridgehead atoms. The molecule has 1 aromatic rings. The van der Waals surface area contributed by atoms with Crippen molar-refractivity contribution in [3.8, 4) is 0 Å². The first-order chi connectivity index (χ1) is 10.1. The van der Waals surface area contributed by atoms with E-state index in [1.807, 2.05) is 30.6 Å². The molecule has 2 atom stereocenters. The van der Waals surface area contributed by atoms with E-state index in [0.29, 0.717) is 17.1 Å². The topological polar surface area (TPSA) is 57.0 Å². The number of carbonyl (C=O) groups is 1. The van der Waals surface area contributed by atoms with Gasteiger partial charge in [0.25, 0.3) is 0 Å². The lowest BCUT2D eigenvalue weighted by Crippen LogP contribution is -2.54. The molecule has 0 radical (unpaired) electrons. The van der Waals surface area contributed by atoms with Gasteiger partial charge in [-0.05, 0) is 31.0 Å². The van der Waals surface area contributed by atoms with E-state index in [9.17, 15) is 4.79 Å². The van der Waals surface area contributed by atoms with Crippen molar-refractivity contribution in [2.45, 2.75) is 45.2 Å². The second kappa shape index (κ2) is 7.93. The van der Waals surface area contributed by atoms with Gasteiger partial charge < -0.3 is 5.32 Å². The van der Waals surface area contributed by atoms with E-state index in [1.54, 1.807) is 4.57 Å². The van der Waals surface area contributed by atoms with Crippen LogP contribution in [-0.4, -0.2) is 17.1 Å². The Hall–Kier alpha value is -1.69. The number of nitrogens with zero attached hydrogens (tertiary/aromatic N) is 1. The zero-order valence-electron chi connectivity index (χ0n) is 12.3. The Morgan fingerprint density at radius 2 is 1.90 bits per heavy atom. The Labute approximate surface area is 131 Å². The third-order valence-electron chi connectivity index (χ3n) is 3.85. The van der Waals surface area contributed by atoms with Crippen LogP contribution in [0.25, 0.3) is 0 Å². The summed E-state index contributed by atoms with van der Waals surface area (Å²) in [5, 5.41) is 3.77. The quantitative estimate of drug-likeness (QED) is 0.444. The van der Waals surface area contributed by atoms with Crippen LogP contribution in [-0.2, 0) is 11.3 Å². The van der Waals surface area contributed by atoms with Crippen LogP contribution in [0.4, 0.5) is 0 Å². The van der Waals surface area contributed by atoms with Gasteiger partial charge >= 0.3 is 5.91 Å². The minimum absolute atomic E-state index is 0.132. The zero-order chi connectivity index (χ0) is 15.1. The van der Waals surface area contributed by atoms with Gasteiger partial charge in [-0.2, -0.15) is 4.57 Å². The smallest absolute Gasteiger partial charge is 0.304 e. The minimum atomic E-state index is -0.132. The van der Waals surface area contributed by atoms with Crippen molar-refractivity contribution >= 4 is 23.2 Å². The molecule has 114 valence electrons. The zero-order valence-corrected chi connectivity index (χ0v) is 13.2. The fourth-order valence-corrected chi connectivity index (χ4v) is 2.81. The van der Waals surface area contributed by atoms with Gasteiger partial charge in [0.05, 0.1) is 0 Å². The summed E-state index contributed by atoms with van der Waals surface area (Å²) in [6.07, 6.45) is 8.60. The number of amides is 1. The highest BCUT2D eigenvalue weighted by atomic mass is 32.1. The van der Waals surface area contributed by atoms with Crippen LogP contribution in [0.2, 0.25) is 0 Å². The summed E-state index contributed by atoms with van der Waals surface area (Å²) < 4.78 is 1.80. The Morgan fingerprint density at radius 1 is 1.19 bits per heavy atom. The van der Waals surface area contributed by atoms with Crippen molar-refractivity contribution in [3.05, 3.63) is 30.6 Å². The van der Waals surface area contributed by atoms with E-state index in [1.165, 1.54) is 19.3 Å².